The molecule has 0 radical (unpaired) electrons. The van der Waals surface area contributed by atoms with Crippen molar-refractivity contribution in [2.75, 3.05) is 20.3 Å². The van der Waals surface area contributed by atoms with Crippen LogP contribution in [0, 0.1) is 0 Å². The van der Waals surface area contributed by atoms with Crippen LogP contribution in [0.2, 0.25) is 10.0 Å². The van der Waals surface area contributed by atoms with E-state index in [1.807, 2.05) is 0 Å². The molecule has 0 spiro atoms. The molecule has 0 aromatic heterocycles. The van der Waals surface area contributed by atoms with E-state index in [0.717, 1.165) is 12.8 Å². The number of ether oxygens (including phenoxy) is 3. The van der Waals surface area contributed by atoms with Crippen LogP contribution < -0.4 is 4.74 Å². The van der Waals surface area contributed by atoms with E-state index in [1.54, 1.807) is 19.1 Å². The molecule has 0 unspecified atom stereocenters. The minimum Gasteiger partial charge on any atom is -0.478 e. The monoisotopic (exact) mass is 389 g/mol. The van der Waals surface area contributed by atoms with E-state index in [2.05, 4.69) is 16.8 Å². The van der Waals surface area contributed by atoms with Crippen molar-refractivity contribution in [3.8, 4) is 5.75 Å². The highest BCUT2D eigenvalue weighted by molar-refractivity contribution is 6.42. The number of halogens is 2. The average molecular weight is 390 g/mol. The topological polar surface area (TPSA) is 66.3 Å². The molecule has 0 N–H and O–H groups in total. The molecule has 1 heterocycles. The quantitative estimate of drug-likeness (QED) is 0.498. The highest BCUT2D eigenvalue weighted by Crippen LogP contribution is 2.33. The molecule has 1 aliphatic heterocycles. The fraction of sp³-hybridized carbons (Fsp3) is 0.529. The largest absolute Gasteiger partial charge is 0.478 e. The average Bonchev–Trinajstić information content (AvgIpc) is 3.05. The molecule has 8 heteroatoms. The van der Waals surface area contributed by atoms with Crippen LogP contribution in [-0.2, 0) is 19.1 Å². The first-order valence-corrected chi connectivity index (χ1v) is 8.78. The maximum absolute atomic E-state index is 11.7. The summed E-state index contributed by atoms with van der Waals surface area (Å²) in [5.74, 6) is -0.141. The second-order valence-electron chi connectivity index (χ2n) is 5.53. The minimum atomic E-state index is -0.816. The Morgan fingerprint density at radius 3 is 2.80 bits per heavy atom. The Morgan fingerprint density at radius 2 is 2.12 bits per heavy atom. The van der Waals surface area contributed by atoms with Crippen molar-refractivity contribution in [3.63, 3.8) is 0 Å². The van der Waals surface area contributed by atoms with Crippen molar-refractivity contribution < 1.29 is 23.8 Å². The van der Waals surface area contributed by atoms with Gasteiger partial charge in [0.25, 0.3) is 0 Å². The van der Waals surface area contributed by atoms with Crippen LogP contribution >= 0.6 is 23.2 Å². The van der Waals surface area contributed by atoms with Crippen LogP contribution in [0.3, 0.4) is 0 Å². The highest BCUT2D eigenvalue weighted by atomic mass is 35.5. The predicted molar refractivity (Wildman–Crippen MR) is 95.7 cm³/mol. The molecular formula is C17H21Cl2NO5. The van der Waals surface area contributed by atoms with Crippen molar-refractivity contribution in [1.29, 1.82) is 0 Å². The molecular weight excluding hydrogens is 369 g/mol. The molecule has 0 saturated heterocycles. The van der Waals surface area contributed by atoms with Crippen molar-refractivity contribution in [1.82, 2.24) is 0 Å². The first-order valence-electron chi connectivity index (χ1n) is 8.03. The van der Waals surface area contributed by atoms with Gasteiger partial charge in [0.05, 0.1) is 17.2 Å². The Balaban J connectivity index is 2.29. The van der Waals surface area contributed by atoms with Crippen LogP contribution in [0.25, 0.3) is 0 Å². The Kier molecular flexibility index (Phi) is 7.35. The third kappa shape index (κ3) is 5.00. The molecule has 2 atom stereocenters. The summed E-state index contributed by atoms with van der Waals surface area (Å²) in [7, 11) is 1.30. The van der Waals surface area contributed by atoms with Gasteiger partial charge in [0.1, 0.15) is 24.2 Å². The van der Waals surface area contributed by atoms with Crippen molar-refractivity contribution in [2.24, 2.45) is 5.16 Å². The number of carbonyl (C=O) groups excluding carboxylic acids is 1. The summed E-state index contributed by atoms with van der Waals surface area (Å²) in [6, 6.07) is 3.18. The van der Waals surface area contributed by atoms with E-state index in [9.17, 15) is 4.79 Å². The number of nitrogens with zero attached hydrogens (tertiary/aromatic N) is 1. The van der Waals surface area contributed by atoms with E-state index < -0.39 is 12.1 Å². The number of unbranched alkanes of at least 4 members (excludes halogenated alkanes) is 1. The Hall–Kier alpha value is -1.50. The van der Waals surface area contributed by atoms with Gasteiger partial charge in [-0.15, -0.1) is 0 Å². The molecule has 1 aromatic carbocycles. The summed E-state index contributed by atoms with van der Waals surface area (Å²) >= 11 is 12.2. The van der Waals surface area contributed by atoms with Crippen molar-refractivity contribution in [2.45, 2.75) is 38.9 Å². The van der Waals surface area contributed by atoms with E-state index in [0.29, 0.717) is 40.3 Å². The van der Waals surface area contributed by atoms with Crippen LogP contribution in [0.4, 0.5) is 0 Å². The van der Waals surface area contributed by atoms with Crippen LogP contribution in [0.5, 0.6) is 5.75 Å². The number of rotatable bonds is 8. The number of methoxy groups -OCH3 is 1. The van der Waals surface area contributed by atoms with Gasteiger partial charge in [-0.1, -0.05) is 41.7 Å². The Bertz CT molecular complexity index is 650. The molecule has 0 saturated carbocycles. The van der Waals surface area contributed by atoms with Crippen molar-refractivity contribution >= 4 is 34.9 Å². The fourth-order valence-electron chi connectivity index (χ4n) is 2.26. The lowest BCUT2D eigenvalue weighted by Crippen LogP contribution is -2.28. The third-order valence-electron chi connectivity index (χ3n) is 3.65. The molecule has 1 aliphatic rings. The zero-order valence-corrected chi connectivity index (χ0v) is 15.9. The lowest BCUT2D eigenvalue weighted by atomic mass is 10.0. The molecule has 1 aromatic rings. The molecule has 6 nitrogen and oxygen atoms in total. The minimum absolute atomic E-state index is 0.306. The summed E-state index contributed by atoms with van der Waals surface area (Å²) in [5, 5.41) is 4.71. The first kappa shape index (κ1) is 19.8. The number of oxime groups is 1. The van der Waals surface area contributed by atoms with Gasteiger partial charge in [-0.2, -0.15) is 0 Å². The number of esters is 1. The van der Waals surface area contributed by atoms with Crippen LogP contribution in [0.15, 0.2) is 17.3 Å². The number of hydrogen-bond donors (Lipinski definition) is 0. The van der Waals surface area contributed by atoms with E-state index >= 15 is 0 Å². The Morgan fingerprint density at radius 1 is 1.40 bits per heavy atom. The number of carbonyl (C=O) groups is 1. The maximum Gasteiger partial charge on any atom is 0.346 e. The number of hydrogen-bond acceptors (Lipinski definition) is 6. The summed E-state index contributed by atoms with van der Waals surface area (Å²) in [5.41, 5.74) is 1.13. The summed E-state index contributed by atoms with van der Waals surface area (Å²) < 4.78 is 16.2. The maximum atomic E-state index is 11.7. The van der Waals surface area contributed by atoms with Gasteiger partial charge < -0.3 is 19.0 Å². The molecule has 25 heavy (non-hydrogen) atoms. The predicted octanol–water partition coefficient (Wildman–Crippen LogP) is 3.85. The molecule has 0 fully saturated rings. The first-order chi connectivity index (χ1) is 12.0. The SMILES string of the molecule is CCCCO[C@@H]1CON=C1c1cc(Cl)c(Cl)cc1O[C@@H](C)C(=O)OC. The van der Waals surface area contributed by atoms with Gasteiger partial charge in [-0.05, 0) is 19.4 Å². The summed E-state index contributed by atoms with van der Waals surface area (Å²) in [6.07, 6.45) is 0.814. The highest BCUT2D eigenvalue weighted by Gasteiger charge is 2.30. The number of benzene rings is 1. The zero-order valence-electron chi connectivity index (χ0n) is 14.4. The smallest absolute Gasteiger partial charge is 0.346 e. The van der Waals surface area contributed by atoms with Gasteiger partial charge in [0, 0.05) is 18.2 Å². The van der Waals surface area contributed by atoms with Crippen molar-refractivity contribution in [3.05, 3.63) is 27.7 Å². The molecule has 0 bridgehead atoms. The molecule has 138 valence electrons. The van der Waals surface area contributed by atoms with Gasteiger partial charge >= 0.3 is 5.97 Å². The van der Waals surface area contributed by atoms with E-state index in [4.69, 9.17) is 37.5 Å². The molecule has 2 rings (SSSR count). The van der Waals surface area contributed by atoms with Crippen LogP contribution in [-0.4, -0.2) is 44.2 Å². The molecule has 0 amide bonds. The normalized spacial score (nSPS) is 17.6. The standard InChI is InChI=1S/C17H21Cl2NO5/c1-4-5-6-23-15-9-24-20-16(15)11-7-12(18)13(19)8-14(11)25-10(2)17(21)22-3/h7-8,10,15H,4-6,9H2,1-3H3/t10-,15+/m0/s1. The van der Waals surface area contributed by atoms with E-state index in [1.165, 1.54) is 7.11 Å². The summed E-state index contributed by atoms with van der Waals surface area (Å²) in [6.45, 7) is 4.58. The Labute approximate surface area is 157 Å². The van der Waals surface area contributed by atoms with E-state index in [-0.39, 0.29) is 6.10 Å². The fourth-order valence-corrected chi connectivity index (χ4v) is 2.58. The third-order valence-corrected chi connectivity index (χ3v) is 4.37. The van der Waals surface area contributed by atoms with Crippen LogP contribution in [0.1, 0.15) is 32.3 Å². The second-order valence-corrected chi connectivity index (χ2v) is 6.35. The lowest BCUT2D eigenvalue weighted by Gasteiger charge is -2.18. The summed E-state index contributed by atoms with van der Waals surface area (Å²) in [4.78, 5) is 16.8. The van der Waals surface area contributed by atoms with Gasteiger partial charge in [0.2, 0.25) is 0 Å². The lowest BCUT2D eigenvalue weighted by molar-refractivity contribution is -0.147. The second kappa shape index (κ2) is 9.27. The van der Waals surface area contributed by atoms with Gasteiger partial charge in [-0.3, -0.25) is 0 Å². The zero-order chi connectivity index (χ0) is 18.4. The van der Waals surface area contributed by atoms with Gasteiger partial charge in [-0.25, -0.2) is 4.79 Å². The van der Waals surface area contributed by atoms with Gasteiger partial charge in [0.15, 0.2) is 6.10 Å². The molecule has 0 aliphatic carbocycles.